The van der Waals surface area contributed by atoms with Gasteiger partial charge in [0.15, 0.2) is 0 Å². The summed E-state index contributed by atoms with van der Waals surface area (Å²) in [5.41, 5.74) is 2.04. The van der Waals surface area contributed by atoms with Gasteiger partial charge in [-0.2, -0.15) is 0 Å². The highest BCUT2D eigenvalue weighted by atomic mass is 35.5. The molecule has 0 unspecified atom stereocenters. The minimum atomic E-state index is -0.731. The highest BCUT2D eigenvalue weighted by molar-refractivity contribution is 6.31. The van der Waals surface area contributed by atoms with Crippen molar-refractivity contribution in [3.63, 3.8) is 0 Å². The summed E-state index contributed by atoms with van der Waals surface area (Å²) < 4.78 is 20.5. The zero-order valence-corrected chi connectivity index (χ0v) is 22.8. The van der Waals surface area contributed by atoms with Crippen molar-refractivity contribution >= 4 is 40.3 Å². The van der Waals surface area contributed by atoms with E-state index in [1.807, 2.05) is 39.0 Å². The van der Waals surface area contributed by atoms with E-state index >= 15 is 0 Å². The van der Waals surface area contributed by atoms with Gasteiger partial charge in [-0.1, -0.05) is 11.6 Å². The quantitative estimate of drug-likeness (QED) is 0.377. The van der Waals surface area contributed by atoms with Gasteiger partial charge >= 0.3 is 6.09 Å². The summed E-state index contributed by atoms with van der Waals surface area (Å²) >= 11 is 6.23. The van der Waals surface area contributed by atoms with Crippen molar-refractivity contribution in [1.29, 1.82) is 0 Å². The molecule has 1 saturated heterocycles. The number of carbonyl (C=O) groups excluding carboxylic acids is 2. The molecular formula is C28H33ClFN5O3. The lowest BCUT2D eigenvalue weighted by atomic mass is 9.74. The maximum atomic E-state index is 14.1. The molecule has 4 heterocycles. The first-order valence-corrected chi connectivity index (χ1v) is 13.5. The average molecular weight is 542 g/mol. The van der Waals surface area contributed by atoms with Crippen LogP contribution in [0.15, 0.2) is 36.7 Å². The number of aryl methyl sites for hydroxylation is 1. The second kappa shape index (κ2) is 10.2. The van der Waals surface area contributed by atoms with Gasteiger partial charge in [0, 0.05) is 30.9 Å². The van der Waals surface area contributed by atoms with Crippen molar-refractivity contribution in [1.82, 2.24) is 19.4 Å². The zero-order valence-electron chi connectivity index (χ0n) is 22.0. The molecule has 2 aliphatic heterocycles. The topological polar surface area (TPSA) is 80.6 Å². The third-order valence-electron chi connectivity index (χ3n) is 7.38. The van der Waals surface area contributed by atoms with E-state index in [9.17, 15) is 14.0 Å². The fraction of sp³-hybridized carbons (Fsp3) is 0.500. The number of nitrogens with zero attached hydrogens (tertiary/aromatic N) is 5. The normalized spacial score (nSPS) is 16.9. The molecule has 202 valence electrons. The number of halogens is 2. The second-order valence-electron chi connectivity index (χ2n) is 11.0. The third-order valence-corrected chi connectivity index (χ3v) is 7.62. The fourth-order valence-corrected chi connectivity index (χ4v) is 5.72. The van der Waals surface area contributed by atoms with E-state index in [0.717, 1.165) is 22.3 Å². The molecule has 1 fully saturated rings. The van der Waals surface area contributed by atoms with Gasteiger partial charge in [0.25, 0.3) is 0 Å². The Morgan fingerprint density at radius 1 is 1.18 bits per heavy atom. The lowest BCUT2D eigenvalue weighted by Crippen LogP contribution is -2.51. The number of likely N-dealkylation sites (tertiary alicyclic amines) is 1. The molecule has 1 spiro atoms. The van der Waals surface area contributed by atoms with E-state index in [-0.39, 0.29) is 25.2 Å². The van der Waals surface area contributed by atoms with Crippen LogP contribution in [0.1, 0.15) is 57.8 Å². The Hall–Kier alpha value is -3.20. The van der Waals surface area contributed by atoms with E-state index in [0.29, 0.717) is 56.2 Å². The maximum absolute atomic E-state index is 14.1. The molecule has 0 bridgehead atoms. The van der Waals surface area contributed by atoms with E-state index < -0.39 is 11.0 Å². The summed E-state index contributed by atoms with van der Waals surface area (Å²) in [4.78, 5) is 39.4. The van der Waals surface area contributed by atoms with E-state index in [1.54, 1.807) is 28.3 Å². The van der Waals surface area contributed by atoms with Gasteiger partial charge in [-0.15, -0.1) is 0 Å². The first-order chi connectivity index (χ1) is 18.1. The van der Waals surface area contributed by atoms with Crippen molar-refractivity contribution < 1.29 is 18.7 Å². The smallest absolute Gasteiger partial charge is 0.410 e. The first kappa shape index (κ1) is 26.4. The van der Waals surface area contributed by atoms with Gasteiger partial charge in [0.05, 0.1) is 41.6 Å². The third kappa shape index (κ3) is 4.84. The Morgan fingerprint density at radius 2 is 1.95 bits per heavy atom. The van der Waals surface area contributed by atoms with Gasteiger partial charge in [0.2, 0.25) is 5.91 Å². The van der Waals surface area contributed by atoms with Crippen molar-refractivity contribution in [3.05, 3.63) is 53.1 Å². The second-order valence-corrected chi connectivity index (χ2v) is 11.5. The molecule has 0 atom stereocenters. The number of rotatable bonds is 6. The van der Waals surface area contributed by atoms with Gasteiger partial charge in [0.1, 0.15) is 11.4 Å². The molecule has 0 aliphatic carbocycles. The van der Waals surface area contributed by atoms with Crippen molar-refractivity contribution in [2.75, 3.05) is 24.7 Å². The predicted molar refractivity (Wildman–Crippen MR) is 144 cm³/mol. The highest BCUT2D eigenvalue weighted by Crippen LogP contribution is 2.48. The molecule has 0 radical (unpaired) electrons. The summed E-state index contributed by atoms with van der Waals surface area (Å²) in [6.07, 6.45) is 5.21. The molecule has 0 N–H and O–H groups in total. The molecule has 0 saturated carbocycles. The molecule has 38 heavy (non-hydrogen) atoms. The Morgan fingerprint density at radius 3 is 2.66 bits per heavy atom. The van der Waals surface area contributed by atoms with Crippen LogP contribution in [0.4, 0.5) is 14.9 Å². The lowest BCUT2D eigenvalue weighted by Gasteiger charge is -2.38. The number of fused-ring (bicyclic) bond motifs is 3. The minimum absolute atomic E-state index is 0.00950. The largest absolute Gasteiger partial charge is 0.444 e. The Labute approximate surface area is 226 Å². The van der Waals surface area contributed by atoms with Crippen LogP contribution in [0, 0.1) is 0 Å². The number of hydrogen-bond donors (Lipinski definition) is 0. The molecule has 10 heteroatoms. The molecule has 2 aliphatic rings. The van der Waals surface area contributed by atoms with Crippen LogP contribution in [0.2, 0.25) is 5.02 Å². The number of unbranched alkanes of at least 4 members (excludes halogenated alkanes) is 1. The van der Waals surface area contributed by atoms with Gasteiger partial charge in [-0.3, -0.25) is 14.2 Å². The van der Waals surface area contributed by atoms with Crippen molar-refractivity contribution in [3.8, 4) is 0 Å². The average Bonchev–Trinajstić information content (AvgIpc) is 3.32. The molecule has 5 rings (SSSR count). The van der Waals surface area contributed by atoms with Crippen molar-refractivity contribution in [2.24, 2.45) is 0 Å². The van der Waals surface area contributed by atoms with Crippen LogP contribution in [0.3, 0.4) is 0 Å². The molecule has 2 aromatic heterocycles. The van der Waals surface area contributed by atoms with Crippen LogP contribution in [0.25, 0.3) is 11.0 Å². The number of piperidine rings is 1. The number of imidazole rings is 1. The van der Waals surface area contributed by atoms with E-state index in [2.05, 4.69) is 9.55 Å². The van der Waals surface area contributed by atoms with Crippen LogP contribution in [0.5, 0.6) is 0 Å². The Bertz CT molecular complexity index is 1360. The van der Waals surface area contributed by atoms with Gasteiger partial charge in [-0.25, -0.2) is 9.78 Å². The summed E-state index contributed by atoms with van der Waals surface area (Å²) in [6.45, 7) is 6.87. The highest BCUT2D eigenvalue weighted by Gasteiger charge is 2.53. The standard InChI is InChI=1S/C28H33ClFN5O3/c1-27(2,3)38-26(37)33-14-9-28(10-15-33)20-8-12-31-17-23(20)35(25(28)36)18-24-32-21-16-19(29)6-7-22(21)34(24)13-5-4-11-30/h6-8,12,16-17H,4-5,9-11,13-15,18H2,1-3H3. The number of alkyl halides is 1. The molecule has 1 aromatic carbocycles. The van der Waals surface area contributed by atoms with Gasteiger partial charge < -0.3 is 19.1 Å². The summed E-state index contributed by atoms with van der Waals surface area (Å²) in [7, 11) is 0. The van der Waals surface area contributed by atoms with Crippen LogP contribution in [-0.4, -0.2) is 56.8 Å². The molecule has 3 aromatic rings. The summed E-state index contributed by atoms with van der Waals surface area (Å²) in [5, 5.41) is 0.583. The van der Waals surface area contributed by atoms with Crippen LogP contribution < -0.4 is 4.90 Å². The number of amides is 2. The summed E-state index contributed by atoms with van der Waals surface area (Å²) in [6, 6.07) is 7.45. The first-order valence-electron chi connectivity index (χ1n) is 13.1. The number of carbonyl (C=O) groups is 2. The van der Waals surface area contributed by atoms with E-state index in [1.165, 1.54) is 0 Å². The molecular weight excluding hydrogens is 509 g/mol. The number of ether oxygens (including phenoxy) is 1. The lowest BCUT2D eigenvalue weighted by molar-refractivity contribution is -0.125. The molecule has 2 amide bonds. The summed E-state index contributed by atoms with van der Waals surface area (Å²) in [5.74, 6) is 0.706. The number of anilines is 1. The van der Waals surface area contributed by atoms with E-state index in [4.69, 9.17) is 21.3 Å². The maximum Gasteiger partial charge on any atom is 0.410 e. The Kier molecular flexibility index (Phi) is 7.07. The van der Waals surface area contributed by atoms with Crippen LogP contribution in [-0.2, 0) is 28.0 Å². The van der Waals surface area contributed by atoms with Crippen molar-refractivity contribution in [2.45, 2.75) is 70.6 Å². The predicted octanol–water partition coefficient (Wildman–Crippen LogP) is 5.65. The van der Waals surface area contributed by atoms with Gasteiger partial charge in [-0.05, 0) is 76.3 Å². The number of hydrogen-bond acceptors (Lipinski definition) is 5. The Balaban J connectivity index is 1.44. The number of pyridine rings is 1. The SMILES string of the molecule is CC(C)(C)OC(=O)N1CCC2(CC1)C(=O)N(Cc1nc3cc(Cl)ccc3n1CCCCF)c1cnccc12. The fourth-order valence-electron chi connectivity index (χ4n) is 5.56. The van der Waals surface area contributed by atoms with Crippen LogP contribution >= 0.6 is 11.6 Å². The monoisotopic (exact) mass is 541 g/mol. The minimum Gasteiger partial charge on any atom is -0.444 e. The number of benzene rings is 1. The number of aromatic nitrogens is 3. The molecule has 8 nitrogen and oxygen atoms in total. The zero-order chi connectivity index (χ0) is 27.1.